The molecule has 0 aliphatic carbocycles. The number of carbonyl (C=O) groups is 1. The minimum atomic E-state index is -4.22. The van der Waals surface area contributed by atoms with Crippen molar-refractivity contribution in [2.45, 2.75) is 18.7 Å². The highest BCUT2D eigenvalue weighted by molar-refractivity contribution is 7.89. The molecule has 0 N–H and O–H groups in total. The van der Waals surface area contributed by atoms with Crippen molar-refractivity contribution in [1.82, 2.24) is 24.0 Å². The molecule has 0 radical (unpaired) electrons. The molecule has 0 spiro atoms. The van der Waals surface area contributed by atoms with Crippen molar-refractivity contribution in [1.29, 1.82) is 0 Å². The third kappa shape index (κ3) is 3.68. The lowest BCUT2D eigenvalue weighted by Gasteiger charge is -2.34. The summed E-state index contributed by atoms with van der Waals surface area (Å²) in [5, 5.41) is 5.00. The number of pyridine rings is 1. The maximum atomic E-state index is 14.0. The maximum absolute atomic E-state index is 14.0. The van der Waals surface area contributed by atoms with Crippen molar-refractivity contribution in [3.05, 3.63) is 52.9 Å². The van der Waals surface area contributed by atoms with Crippen LogP contribution in [-0.2, 0) is 17.1 Å². The quantitative estimate of drug-likeness (QED) is 0.610. The summed E-state index contributed by atoms with van der Waals surface area (Å²) in [6.45, 7) is 3.78. The fraction of sp³-hybridized carbons (Fsp3) is 0.350. The smallest absolute Gasteiger partial charge is 0.254 e. The zero-order chi connectivity index (χ0) is 22.5. The number of aromatic nitrogens is 3. The molecule has 1 aromatic carbocycles. The van der Waals surface area contributed by atoms with Crippen LogP contribution in [0.1, 0.15) is 21.7 Å². The number of halogens is 2. The molecule has 1 fully saturated rings. The van der Waals surface area contributed by atoms with Crippen LogP contribution in [0, 0.1) is 25.5 Å². The highest BCUT2D eigenvalue weighted by Crippen LogP contribution is 2.25. The Balaban J connectivity index is 1.58. The molecule has 1 saturated heterocycles. The van der Waals surface area contributed by atoms with Crippen LogP contribution >= 0.6 is 0 Å². The van der Waals surface area contributed by atoms with Crippen molar-refractivity contribution < 1.29 is 22.0 Å². The summed E-state index contributed by atoms with van der Waals surface area (Å²) < 4.78 is 55.7. The zero-order valence-corrected chi connectivity index (χ0v) is 18.1. The van der Waals surface area contributed by atoms with E-state index in [-0.39, 0.29) is 32.1 Å². The Morgan fingerprint density at radius 1 is 1.06 bits per heavy atom. The number of carbonyl (C=O) groups excluding carboxylic acids is 1. The van der Waals surface area contributed by atoms with E-state index in [0.29, 0.717) is 34.1 Å². The molecule has 3 heterocycles. The van der Waals surface area contributed by atoms with Crippen LogP contribution in [0.5, 0.6) is 0 Å². The van der Waals surface area contributed by atoms with E-state index in [1.54, 1.807) is 36.5 Å². The van der Waals surface area contributed by atoms with Crippen LogP contribution in [0.4, 0.5) is 8.78 Å². The third-order valence-electron chi connectivity index (χ3n) is 5.36. The predicted octanol–water partition coefficient (Wildman–Crippen LogP) is 2.01. The van der Waals surface area contributed by atoms with Crippen molar-refractivity contribution >= 4 is 27.0 Å². The largest absolute Gasteiger partial charge is 0.336 e. The monoisotopic (exact) mass is 449 g/mol. The first-order chi connectivity index (χ1) is 14.6. The number of hydrogen-bond acceptors (Lipinski definition) is 5. The molecule has 0 atom stereocenters. The number of amides is 1. The molecule has 11 heteroatoms. The van der Waals surface area contributed by atoms with Crippen LogP contribution in [-0.4, -0.2) is 64.5 Å². The summed E-state index contributed by atoms with van der Waals surface area (Å²) in [6.07, 6.45) is 0. The Bertz CT molecular complexity index is 1300. The van der Waals surface area contributed by atoms with Crippen LogP contribution in [0.3, 0.4) is 0 Å². The second kappa shape index (κ2) is 7.65. The average Bonchev–Trinajstić information content (AvgIpc) is 3.02. The van der Waals surface area contributed by atoms with Crippen LogP contribution in [0.25, 0.3) is 11.0 Å². The standard InChI is InChI=1S/C20H21F2N5O3S/c1-12-10-15(18-13(2)24-25(3)19(18)23-12)20(28)26-6-8-27(9-7-26)31(29,30)17-11-14(21)4-5-16(17)22/h4-5,10-11H,6-9H2,1-3H3. The van der Waals surface area contributed by atoms with Gasteiger partial charge in [-0.3, -0.25) is 9.48 Å². The van der Waals surface area contributed by atoms with Gasteiger partial charge in [0.15, 0.2) is 5.65 Å². The van der Waals surface area contributed by atoms with E-state index in [2.05, 4.69) is 10.1 Å². The lowest BCUT2D eigenvalue weighted by molar-refractivity contribution is 0.0699. The zero-order valence-electron chi connectivity index (χ0n) is 17.3. The molecule has 1 amide bonds. The SMILES string of the molecule is Cc1cc(C(=O)N2CCN(S(=O)(=O)c3cc(F)ccc3F)CC2)c2c(C)nn(C)c2n1. The highest BCUT2D eigenvalue weighted by atomic mass is 32.2. The van der Waals surface area contributed by atoms with Crippen molar-refractivity contribution in [3.63, 3.8) is 0 Å². The second-order valence-electron chi connectivity index (χ2n) is 7.49. The Hall–Kier alpha value is -2.92. The normalized spacial score (nSPS) is 15.6. The molecule has 4 rings (SSSR count). The van der Waals surface area contributed by atoms with E-state index in [1.165, 1.54) is 0 Å². The minimum Gasteiger partial charge on any atom is -0.336 e. The summed E-state index contributed by atoms with van der Waals surface area (Å²) in [5.41, 5.74) is 2.40. The Morgan fingerprint density at radius 2 is 1.74 bits per heavy atom. The van der Waals surface area contributed by atoms with Gasteiger partial charge in [0, 0.05) is 38.9 Å². The van der Waals surface area contributed by atoms with E-state index in [0.717, 1.165) is 16.4 Å². The molecule has 8 nitrogen and oxygen atoms in total. The lowest BCUT2D eigenvalue weighted by atomic mass is 10.1. The lowest BCUT2D eigenvalue weighted by Crippen LogP contribution is -2.50. The molecule has 1 aliphatic rings. The average molecular weight is 449 g/mol. The summed E-state index contributed by atoms with van der Waals surface area (Å²) in [6, 6.07) is 4.02. The van der Waals surface area contributed by atoms with Gasteiger partial charge in [0.25, 0.3) is 5.91 Å². The fourth-order valence-electron chi connectivity index (χ4n) is 3.85. The van der Waals surface area contributed by atoms with Crippen LogP contribution < -0.4 is 0 Å². The molecule has 164 valence electrons. The van der Waals surface area contributed by atoms with Crippen molar-refractivity contribution in [2.24, 2.45) is 7.05 Å². The molecule has 3 aromatic rings. The number of piperazine rings is 1. The first-order valence-electron chi connectivity index (χ1n) is 9.65. The van der Waals surface area contributed by atoms with Crippen molar-refractivity contribution in [3.8, 4) is 0 Å². The number of hydrogen-bond donors (Lipinski definition) is 0. The third-order valence-corrected chi connectivity index (χ3v) is 7.28. The summed E-state index contributed by atoms with van der Waals surface area (Å²) in [5.74, 6) is -2.10. The summed E-state index contributed by atoms with van der Waals surface area (Å²) in [4.78, 5) is 18.5. The number of benzene rings is 1. The summed E-state index contributed by atoms with van der Waals surface area (Å²) in [7, 11) is -2.46. The Labute approximate surface area is 178 Å². The van der Waals surface area contributed by atoms with Gasteiger partial charge in [-0.2, -0.15) is 9.40 Å². The van der Waals surface area contributed by atoms with Gasteiger partial charge in [-0.25, -0.2) is 22.2 Å². The Kier molecular flexibility index (Phi) is 5.26. The molecular weight excluding hydrogens is 428 g/mol. The molecular formula is C20H21F2N5O3S. The van der Waals surface area contributed by atoms with E-state index in [9.17, 15) is 22.0 Å². The highest BCUT2D eigenvalue weighted by Gasteiger charge is 2.33. The van der Waals surface area contributed by atoms with E-state index in [4.69, 9.17) is 0 Å². The fourth-order valence-corrected chi connectivity index (χ4v) is 5.35. The molecule has 2 aromatic heterocycles. The number of fused-ring (bicyclic) bond motifs is 1. The number of rotatable bonds is 3. The molecule has 0 bridgehead atoms. The van der Waals surface area contributed by atoms with Gasteiger partial charge in [0.2, 0.25) is 10.0 Å². The van der Waals surface area contributed by atoms with Gasteiger partial charge < -0.3 is 4.90 Å². The number of sulfonamides is 1. The van der Waals surface area contributed by atoms with E-state index in [1.807, 2.05) is 0 Å². The first-order valence-corrected chi connectivity index (χ1v) is 11.1. The van der Waals surface area contributed by atoms with Crippen LogP contribution in [0.2, 0.25) is 0 Å². The van der Waals surface area contributed by atoms with Gasteiger partial charge in [0.1, 0.15) is 16.5 Å². The maximum Gasteiger partial charge on any atom is 0.254 e. The number of nitrogens with zero attached hydrogens (tertiary/aromatic N) is 5. The summed E-state index contributed by atoms with van der Waals surface area (Å²) >= 11 is 0. The van der Waals surface area contributed by atoms with E-state index < -0.39 is 26.6 Å². The molecule has 0 saturated carbocycles. The van der Waals surface area contributed by atoms with Gasteiger partial charge in [-0.15, -0.1) is 0 Å². The Morgan fingerprint density at radius 3 is 2.42 bits per heavy atom. The van der Waals surface area contributed by atoms with Gasteiger partial charge in [-0.1, -0.05) is 0 Å². The number of aryl methyl sites for hydroxylation is 3. The minimum absolute atomic E-state index is 0.0245. The van der Waals surface area contributed by atoms with Crippen molar-refractivity contribution in [2.75, 3.05) is 26.2 Å². The van der Waals surface area contributed by atoms with Gasteiger partial charge in [0.05, 0.1) is 16.6 Å². The van der Waals surface area contributed by atoms with Crippen LogP contribution in [0.15, 0.2) is 29.2 Å². The second-order valence-corrected chi connectivity index (χ2v) is 9.40. The molecule has 0 unspecified atom stereocenters. The predicted molar refractivity (Wildman–Crippen MR) is 109 cm³/mol. The molecule has 1 aliphatic heterocycles. The van der Waals surface area contributed by atoms with Gasteiger partial charge in [-0.05, 0) is 38.1 Å². The first kappa shape index (κ1) is 21.3. The topological polar surface area (TPSA) is 88.4 Å². The van der Waals surface area contributed by atoms with E-state index >= 15 is 0 Å². The van der Waals surface area contributed by atoms with Gasteiger partial charge >= 0.3 is 0 Å². The molecule has 31 heavy (non-hydrogen) atoms.